The second kappa shape index (κ2) is 12.7. The number of H-pyrrole nitrogens is 1. The van der Waals surface area contributed by atoms with Gasteiger partial charge in [0.1, 0.15) is 17.1 Å². The van der Waals surface area contributed by atoms with Gasteiger partial charge < -0.3 is 18.9 Å². The Kier molecular flexibility index (Phi) is 8.29. The van der Waals surface area contributed by atoms with Crippen LogP contribution in [-0.4, -0.2) is 45.7 Å². The van der Waals surface area contributed by atoms with Crippen LogP contribution in [0.1, 0.15) is 67.0 Å². The molecule has 46 heavy (non-hydrogen) atoms. The molecule has 1 aliphatic heterocycles. The van der Waals surface area contributed by atoms with Gasteiger partial charge in [0, 0.05) is 41.8 Å². The lowest BCUT2D eigenvalue weighted by Crippen LogP contribution is -2.31. The third kappa shape index (κ3) is 5.77. The largest absolute Gasteiger partial charge is 0.449 e. The maximum atomic E-state index is 13.4. The quantitative estimate of drug-likeness (QED) is 0.155. The minimum Gasteiger partial charge on any atom is -0.449 e. The summed E-state index contributed by atoms with van der Waals surface area (Å²) in [5.74, 6) is 1.98. The lowest BCUT2D eigenvalue weighted by Gasteiger charge is -2.23. The van der Waals surface area contributed by atoms with Crippen molar-refractivity contribution < 1.29 is 27.5 Å². The molecule has 0 radical (unpaired) electrons. The minimum absolute atomic E-state index is 0.00904. The first-order valence-corrected chi connectivity index (χ1v) is 15.9. The first-order valence-electron chi connectivity index (χ1n) is 15.9. The molecule has 1 atom stereocenters. The average Bonchev–Trinajstić information content (AvgIpc) is 3.86. The second-order valence-corrected chi connectivity index (χ2v) is 12.2. The molecule has 0 bridgehead atoms. The Hall–Kier alpha value is -4.57. The number of hydrogen-bond donors (Lipinski definition) is 1. The number of aromatic amines is 1. The zero-order valence-electron chi connectivity index (χ0n) is 25.9. The van der Waals surface area contributed by atoms with Crippen LogP contribution >= 0.6 is 0 Å². The van der Waals surface area contributed by atoms with Gasteiger partial charge in [0.25, 0.3) is 6.47 Å². The monoisotopic (exact) mass is 626 g/mol. The highest BCUT2D eigenvalue weighted by molar-refractivity contribution is 5.84. The van der Waals surface area contributed by atoms with Gasteiger partial charge in [-0.25, -0.2) is 9.97 Å². The van der Waals surface area contributed by atoms with Crippen molar-refractivity contribution in [2.75, 3.05) is 6.54 Å². The Balaban J connectivity index is 1.22. The van der Waals surface area contributed by atoms with Crippen LogP contribution < -0.4 is 4.74 Å². The SMILES string of the molecule is Cc1c(-c2cnc(C3CCCC3)[nH]2)cccc1-c1cccc(-c2nc3cc(CN4CCC[C@H]4OC=O)c(OC(F)F)cc3o2)c1C. The summed E-state index contributed by atoms with van der Waals surface area (Å²) in [7, 11) is 0. The standard InChI is InChI=1S/C36H36F2N4O4/c1-21-25(10-5-12-27(21)30-18-39-34(40-30)23-8-3-4-9-23)26-11-6-13-28(22(26)2)35-41-29-16-24(19-42-15-7-14-33(42)44-20-43)31(46-36(37)38)17-32(29)45-35/h5-6,10-13,16-18,20,23,33,36H,3-4,7-9,14-15,19H2,1-2H3,(H,39,40)/t33-/m1/s1. The molecule has 3 heterocycles. The fourth-order valence-electron chi connectivity index (χ4n) is 7.11. The summed E-state index contributed by atoms with van der Waals surface area (Å²) in [6, 6.07) is 15.5. The van der Waals surface area contributed by atoms with Gasteiger partial charge in [-0.2, -0.15) is 8.78 Å². The van der Waals surface area contributed by atoms with Crippen molar-refractivity contribution in [3.63, 3.8) is 0 Å². The summed E-state index contributed by atoms with van der Waals surface area (Å²) < 4.78 is 43.1. The van der Waals surface area contributed by atoms with Crippen LogP contribution in [0, 0.1) is 13.8 Å². The summed E-state index contributed by atoms with van der Waals surface area (Å²) in [4.78, 5) is 26.0. The van der Waals surface area contributed by atoms with E-state index in [-0.39, 0.29) is 12.3 Å². The minimum atomic E-state index is -3.01. The molecule has 1 saturated heterocycles. The van der Waals surface area contributed by atoms with Gasteiger partial charge in [-0.15, -0.1) is 0 Å². The normalized spacial score (nSPS) is 17.4. The predicted molar refractivity (Wildman–Crippen MR) is 170 cm³/mol. The van der Waals surface area contributed by atoms with Crippen molar-refractivity contribution in [2.24, 2.45) is 0 Å². The zero-order chi connectivity index (χ0) is 31.8. The Morgan fingerprint density at radius 2 is 1.72 bits per heavy atom. The van der Waals surface area contributed by atoms with Gasteiger partial charge in [0.05, 0.1) is 11.9 Å². The number of rotatable bonds is 10. The lowest BCUT2D eigenvalue weighted by molar-refractivity contribution is -0.141. The van der Waals surface area contributed by atoms with Gasteiger partial charge in [0.2, 0.25) is 5.89 Å². The highest BCUT2D eigenvalue weighted by atomic mass is 19.3. The van der Waals surface area contributed by atoms with E-state index < -0.39 is 12.8 Å². The molecule has 7 rings (SSSR count). The lowest BCUT2D eigenvalue weighted by atomic mass is 9.91. The number of nitrogens with zero attached hydrogens (tertiary/aromatic N) is 3. The number of carbonyl (C=O) groups excluding carboxylic acids is 1. The summed E-state index contributed by atoms with van der Waals surface area (Å²) in [5, 5.41) is 0. The topological polar surface area (TPSA) is 93.5 Å². The third-order valence-corrected chi connectivity index (χ3v) is 9.49. The van der Waals surface area contributed by atoms with E-state index in [9.17, 15) is 13.6 Å². The van der Waals surface area contributed by atoms with E-state index in [0.29, 0.717) is 47.9 Å². The van der Waals surface area contributed by atoms with Gasteiger partial charge in [-0.05, 0) is 73.9 Å². The summed E-state index contributed by atoms with van der Waals surface area (Å²) in [6.45, 7) is 2.52. The molecule has 2 aromatic heterocycles. The van der Waals surface area contributed by atoms with Crippen LogP contribution in [0.25, 0.3) is 44.9 Å². The number of imidazole rings is 1. The number of oxazole rings is 1. The Morgan fingerprint density at radius 3 is 2.46 bits per heavy atom. The maximum absolute atomic E-state index is 13.4. The molecule has 1 saturated carbocycles. The number of aromatic nitrogens is 3. The average molecular weight is 627 g/mol. The second-order valence-electron chi connectivity index (χ2n) is 12.2. The molecule has 2 aliphatic rings. The van der Waals surface area contributed by atoms with Crippen LogP contribution in [0.4, 0.5) is 8.78 Å². The Labute approximate surface area is 265 Å². The zero-order valence-corrected chi connectivity index (χ0v) is 25.9. The highest BCUT2D eigenvalue weighted by Gasteiger charge is 2.28. The molecule has 8 nitrogen and oxygen atoms in total. The molecule has 1 aliphatic carbocycles. The first kappa shape index (κ1) is 30.1. The summed E-state index contributed by atoms with van der Waals surface area (Å²) in [6.07, 6.45) is 7.94. The Morgan fingerprint density at radius 1 is 1.00 bits per heavy atom. The number of ether oxygens (including phenoxy) is 2. The van der Waals surface area contributed by atoms with E-state index in [4.69, 9.17) is 23.9 Å². The number of fused-ring (bicyclic) bond motifs is 1. The number of nitrogens with one attached hydrogen (secondary N) is 1. The van der Waals surface area contributed by atoms with Crippen molar-refractivity contribution in [1.82, 2.24) is 19.9 Å². The van der Waals surface area contributed by atoms with Crippen LogP contribution in [0.15, 0.2) is 59.1 Å². The molecule has 238 valence electrons. The van der Waals surface area contributed by atoms with E-state index in [2.05, 4.69) is 36.2 Å². The molecule has 0 spiro atoms. The molecule has 3 aromatic carbocycles. The van der Waals surface area contributed by atoms with Crippen molar-refractivity contribution in [2.45, 2.75) is 77.7 Å². The molecule has 10 heteroatoms. The van der Waals surface area contributed by atoms with Gasteiger partial charge >= 0.3 is 6.61 Å². The summed E-state index contributed by atoms with van der Waals surface area (Å²) in [5.41, 5.74) is 8.59. The van der Waals surface area contributed by atoms with E-state index in [0.717, 1.165) is 51.3 Å². The van der Waals surface area contributed by atoms with Crippen LogP contribution in [0.2, 0.25) is 0 Å². The first-order chi connectivity index (χ1) is 22.4. The van der Waals surface area contributed by atoms with Crippen LogP contribution in [-0.2, 0) is 16.1 Å². The van der Waals surface area contributed by atoms with Crippen LogP contribution in [0.5, 0.6) is 5.75 Å². The number of alkyl halides is 2. The molecular weight excluding hydrogens is 590 g/mol. The van der Waals surface area contributed by atoms with Crippen molar-refractivity contribution in [1.29, 1.82) is 0 Å². The smallest absolute Gasteiger partial charge is 0.387 e. The molecular formula is C36H36F2N4O4. The predicted octanol–water partition coefficient (Wildman–Crippen LogP) is 8.52. The summed E-state index contributed by atoms with van der Waals surface area (Å²) >= 11 is 0. The van der Waals surface area contributed by atoms with Gasteiger partial charge in [0.15, 0.2) is 11.8 Å². The molecule has 0 unspecified atom stereocenters. The van der Waals surface area contributed by atoms with E-state index in [1.807, 2.05) is 30.2 Å². The van der Waals surface area contributed by atoms with Crippen molar-refractivity contribution >= 4 is 17.6 Å². The molecule has 2 fully saturated rings. The number of carbonyl (C=O) groups is 1. The van der Waals surface area contributed by atoms with Crippen molar-refractivity contribution in [3.05, 3.63) is 77.2 Å². The number of benzene rings is 3. The van der Waals surface area contributed by atoms with Crippen molar-refractivity contribution in [3.8, 4) is 39.6 Å². The highest BCUT2D eigenvalue weighted by Crippen LogP contribution is 2.39. The molecule has 1 N–H and O–H groups in total. The van der Waals surface area contributed by atoms with E-state index >= 15 is 0 Å². The van der Waals surface area contributed by atoms with E-state index in [1.165, 1.54) is 31.7 Å². The molecule has 0 amide bonds. The van der Waals surface area contributed by atoms with Gasteiger partial charge in [-0.1, -0.05) is 43.2 Å². The fraction of sp³-hybridized carbons (Fsp3) is 0.361. The number of hydrogen-bond acceptors (Lipinski definition) is 7. The van der Waals surface area contributed by atoms with Crippen LogP contribution in [0.3, 0.4) is 0 Å². The molecule has 5 aromatic rings. The Bertz CT molecular complexity index is 1880. The fourth-order valence-corrected chi connectivity index (χ4v) is 7.11. The van der Waals surface area contributed by atoms with Gasteiger partial charge in [-0.3, -0.25) is 9.69 Å². The maximum Gasteiger partial charge on any atom is 0.387 e. The number of halogens is 2. The van der Waals surface area contributed by atoms with E-state index in [1.54, 1.807) is 6.07 Å². The third-order valence-electron chi connectivity index (χ3n) is 9.49. The number of likely N-dealkylation sites (tertiary alicyclic amines) is 1.